The Kier molecular flexibility index (Phi) is 6.88. The Morgan fingerprint density at radius 3 is 2.76 bits per heavy atom. The minimum absolute atomic E-state index is 0.0374. The normalized spacial score (nSPS) is 13.4. The molecule has 0 fully saturated rings. The van der Waals surface area contributed by atoms with Gasteiger partial charge in [-0.05, 0) is 61.6 Å². The molecule has 3 heterocycles. The lowest BCUT2D eigenvalue weighted by molar-refractivity contribution is 0.0958. The van der Waals surface area contributed by atoms with Gasteiger partial charge in [0.25, 0.3) is 12.3 Å². The van der Waals surface area contributed by atoms with Gasteiger partial charge in [0.15, 0.2) is 0 Å². The number of halogens is 2. The van der Waals surface area contributed by atoms with Gasteiger partial charge >= 0.3 is 0 Å². The number of benzene rings is 2. The maximum atomic E-state index is 14.4. The summed E-state index contributed by atoms with van der Waals surface area (Å²) in [5.74, 6) is 0.307. The van der Waals surface area contributed by atoms with E-state index in [9.17, 15) is 13.6 Å². The lowest BCUT2D eigenvalue weighted by Gasteiger charge is -2.32. The number of hydrogen-bond acceptors (Lipinski definition) is 5. The Morgan fingerprint density at radius 2 is 2.00 bits per heavy atom. The van der Waals surface area contributed by atoms with E-state index >= 15 is 0 Å². The molecule has 1 N–H and O–H groups in total. The molecular weight excluding hydrogens is 474 g/mol. The van der Waals surface area contributed by atoms with Gasteiger partial charge in [-0.25, -0.2) is 13.8 Å². The molecular formula is C28H30F2N6O. The summed E-state index contributed by atoms with van der Waals surface area (Å²) in [6.45, 7) is 2.10. The fourth-order valence-corrected chi connectivity index (χ4v) is 4.86. The molecule has 0 saturated heterocycles. The van der Waals surface area contributed by atoms with E-state index in [1.807, 2.05) is 55.5 Å². The number of alkyl halides is 2. The van der Waals surface area contributed by atoms with Crippen molar-refractivity contribution in [3.63, 3.8) is 0 Å². The number of aryl methyl sites for hydroxylation is 1. The van der Waals surface area contributed by atoms with E-state index in [2.05, 4.69) is 15.3 Å². The number of carbonyl (C=O) groups excluding carboxylic acids is 1. The van der Waals surface area contributed by atoms with E-state index in [1.54, 1.807) is 30.1 Å². The lowest BCUT2D eigenvalue weighted by Crippen LogP contribution is -2.27. The third-order valence-electron chi connectivity index (χ3n) is 6.76. The summed E-state index contributed by atoms with van der Waals surface area (Å²) in [5, 5.41) is 8.77. The highest BCUT2D eigenvalue weighted by Gasteiger charge is 2.27. The molecule has 7 nitrogen and oxygen atoms in total. The number of hydrogen-bond donors (Lipinski definition) is 1. The average molecular weight is 505 g/mol. The van der Waals surface area contributed by atoms with Crippen molar-refractivity contribution in [2.75, 3.05) is 39.1 Å². The number of rotatable bonds is 7. The largest absolute Gasteiger partial charge is 0.354 e. The first-order chi connectivity index (χ1) is 17.9. The Morgan fingerprint density at radius 1 is 1.19 bits per heavy atom. The molecule has 4 aromatic rings. The smallest absolute Gasteiger partial charge is 0.269 e. The van der Waals surface area contributed by atoms with E-state index in [4.69, 9.17) is 4.98 Å². The minimum Gasteiger partial charge on any atom is -0.354 e. The van der Waals surface area contributed by atoms with Gasteiger partial charge in [0.05, 0.1) is 12.7 Å². The van der Waals surface area contributed by atoms with Crippen LogP contribution in [0.1, 0.15) is 34.5 Å². The minimum atomic E-state index is -2.66. The number of amides is 1. The topological polar surface area (TPSA) is 66.3 Å². The van der Waals surface area contributed by atoms with Crippen LogP contribution in [-0.4, -0.2) is 59.8 Å². The second-order valence-electron chi connectivity index (χ2n) is 9.55. The van der Waals surface area contributed by atoms with Crippen molar-refractivity contribution in [2.24, 2.45) is 0 Å². The molecule has 9 heteroatoms. The highest BCUT2D eigenvalue weighted by molar-refractivity contribution is 6.01. The van der Waals surface area contributed by atoms with Crippen LogP contribution in [0.2, 0.25) is 0 Å². The fourth-order valence-electron chi connectivity index (χ4n) is 4.86. The van der Waals surface area contributed by atoms with Gasteiger partial charge in [-0.1, -0.05) is 24.3 Å². The molecule has 1 amide bonds. The summed E-state index contributed by atoms with van der Waals surface area (Å²) in [6.07, 6.45) is 2.44. The predicted octanol–water partition coefficient (Wildman–Crippen LogP) is 5.04. The van der Waals surface area contributed by atoms with Gasteiger partial charge in [-0.15, -0.1) is 0 Å². The Balaban J connectivity index is 1.62. The first-order valence-electron chi connectivity index (χ1n) is 12.4. The fraction of sp³-hybridized carbons (Fsp3) is 0.321. The van der Waals surface area contributed by atoms with Crippen molar-refractivity contribution < 1.29 is 13.6 Å². The monoisotopic (exact) mass is 504 g/mol. The second-order valence-corrected chi connectivity index (χ2v) is 9.55. The van der Waals surface area contributed by atoms with Gasteiger partial charge in [0, 0.05) is 48.5 Å². The first kappa shape index (κ1) is 24.8. The summed E-state index contributed by atoms with van der Waals surface area (Å²) in [6, 6.07) is 12.9. The first-order valence-corrected chi connectivity index (χ1v) is 12.4. The van der Waals surface area contributed by atoms with Crippen LogP contribution in [0.3, 0.4) is 0 Å². The molecule has 5 rings (SSSR count). The average Bonchev–Trinajstić information content (AvgIpc) is 3.38. The van der Waals surface area contributed by atoms with Crippen LogP contribution < -0.4 is 10.2 Å². The van der Waals surface area contributed by atoms with Crippen molar-refractivity contribution in [1.82, 2.24) is 25.0 Å². The van der Waals surface area contributed by atoms with Gasteiger partial charge in [-0.2, -0.15) is 5.10 Å². The van der Waals surface area contributed by atoms with Crippen molar-refractivity contribution in [2.45, 2.75) is 25.8 Å². The summed E-state index contributed by atoms with van der Waals surface area (Å²) in [4.78, 5) is 21.2. The van der Waals surface area contributed by atoms with Gasteiger partial charge in [-0.3, -0.25) is 9.48 Å². The van der Waals surface area contributed by atoms with Gasteiger partial charge < -0.3 is 15.1 Å². The van der Waals surface area contributed by atoms with Gasteiger partial charge in [0.1, 0.15) is 11.5 Å². The summed E-state index contributed by atoms with van der Waals surface area (Å²) >= 11 is 0. The number of nitrogens with one attached hydrogen (secondary N) is 1. The van der Waals surface area contributed by atoms with Crippen LogP contribution in [-0.2, 0) is 13.0 Å². The quantitative estimate of drug-likeness (QED) is 0.382. The van der Waals surface area contributed by atoms with Crippen molar-refractivity contribution in [3.05, 3.63) is 71.7 Å². The third-order valence-corrected chi connectivity index (χ3v) is 6.76. The Bertz CT molecular complexity index is 1450. The molecule has 0 radical (unpaired) electrons. The van der Waals surface area contributed by atoms with Crippen LogP contribution in [0.15, 0.2) is 54.9 Å². The number of nitrogens with zero attached hydrogens (tertiary/aromatic N) is 5. The molecule has 0 atom stereocenters. The zero-order valence-electron chi connectivity index (χ0n) is 21.2. The Labute approximate surface area is 214 Å². The lowest BCUT2D eigenvalue weighted by atomic mass is 9.93. The zero-order valence-corrected chi connectivity index (χ0v) is 21.2. The summed E-state index contributed by atoms with van der Waals surface area (Å²) < 4.78 is 30.6. The van der Waals surface area contributed by atoms with Crippen LogP contribution in [0.5, 0.6) is 0 Å². The molecule has 192 valence electrons. The highest BCUT2D eigenvalue weighted by atomic mass is 19.3. The molecule has 1 aliphatic rings. The molecule has 0 bridgehead atoms. The number of pyridine rings is 1. The highest BCUT2D eigenvalue weighted by Crippen LogP contribution is 2.42. The van der Waals surface area contributed by atoms with Crippen molar-refractivity contribution in [3.8, 4) is 11.1 Å². The second kappa shape index (κ2) is 10.3. The zero-order chi connectivity index (χ0) is 26.1. The number of aromatic nitrogens is 3. The van der Waals surface area contributed by atoms with Gasteiger partial charge in [0.2, 0.25) is 0 Å². The van der Waals surface area contributed by atoms with E-state index < -0.39 is 6.43 Å². The molecule has 0 saturated carbocycles. The molecule has 0 spiro atoms. The van der Waals surface area contributed by atoms with Crippen LogP contribution in [0, 0.1) is 0 Å². The maximum absolute atomic E-state index is 14.4. The van der Waals surface area contributed by atoms with Crippen molar-refractivity contribution >= 4 is 28.2 Å². The van der Waals surface area contributed by atoms with Crippen molar-refractivity contribution in [1.29, 1.82) is 0 Å². The van der Waals surface area contributed by atoms with Crippen LogP contribution in [0.25, 0.3) is 21.9 Å². The molecule has 37 heavy (non-hydrogen) atoms. The third kappa shape index (κ3) is 4.91. The molecule has 2 aromatic heterocycles. The number of likely N-dealkylation sites (N-methyl/N-ethyl adjacent to an activating group) is 1. The van der Waals surface area contributed by atoms with E-state index in [0.29, 0.717) is 41.4 Å². The molecule has 0 aliphatic carbocycles. The standard InChI is InChI=1S/C28H30F2N6O/c1-31-28(37)24-14-18-7-4-5-9-21(18)27(33-24)36-10-6-8-19-13-22(23(26(29)30)15-25(19)36)20-16-32-35(17-20)12-11-34(2)3/h4-5,7,9,13-17,26H,6,8,10-12H2,1-3H3,(H,31,37). The van der Waals surface area contributed by atoms with E-state index in [0.717, 1.165) is 35.7 Å². The predicted molar refractivity (Wildman–Crippen MR) is 142 cm³/mol. The van der Waals surface area contributed by atoms with Crippen LogP contribution >= 0.6 is 0 Å². The molecule has 2 aromatic carbocycles. The number of anilines is 2. The van der Waals surface area contributed by atoms with Crippen LogP contribution in [0.4, 0.5) is 20.3 Å². The van der Waals surface area contributed by atoms with E-state index in [-0.39, 0.29) is 11.5 Å². The number of fused-ring (bicyclic) bond motifs is 2. The Hall–Kier alpha value is -3.85. The SMILES string of the molecule is CNC(=O)c1cc2ccccc2c(N2CCCc3cc(-c4cnn(CCN(C)C)c4)c(C(F)F)cc32)n1. The number of carbonyl (C=O) groups is 1. The molecule has 0 unspecified atom stereocenters. The molecule has 1 aliphatic heterocycles. The summed E-state index contributed by atoms with van der Waals surface area (Å²) in [5.41, 5.74) is 3.12. The maximum Gasteiger partial charge on any atom is 0.269 e. The summed E-state index contributed by atoms with van der Waals surface area (Å²) in [7, 11) is 5.53. The van der Waals surface area contributed by atoms with E-state index in [1.165, 1.54) is 0 Å².